The van der Waals surface area contributed by atoms with Crippen LogP contribution in [0.2, 0.25) is 0 Å². The van der Waals surface area contributed by atoms with Crippen molar-refractivity contribution in [1.82, 2.24) is 5.32 Å². The molecule has 0 saturated heterocycles. The molecule has 0 rings (SSSR count). The number of nitrogens with two attached hydrogens (primary N) is 1. The summed E-state index contributed by atoms with van der Waals surface area (Å²) in [6.45, 7) is 4.25. The quantitative estimate of drug-likeness (QED) is 0.319. The monoisotopic (exact) mass is 171 g/mol. The summed E-state index contributed by atoms with van der Waals surface area (Å²) in [4.78, 5) is 10.6. The van der Waals surface area contributed by atoms with Gasteiger partial charge in [-0.2, -0.15) is 0 Å². The lowest BCUT2D eigenvalue weighted by molar-refractivity contribution is -0.121. The van der Waals surface area contributed by atoms with Gasteiger partial charge in [0.25, 0.3) is 0 Å². The highest BCUT2D eigenvalue weighted by Gasteiger charge is 2.06. The van der Waals surface area contributed by atoms with E-state index in [2.05, 4.69) is 5.32 Å². The predicted molar refractivity (Wildman–Crippen MR) is 49.0 cm³/mol. The van der Waals surface area contributed by atoms with Gasteiger partial charge in [-0.25, -0.2) is 0 Å². The number of rotatable bonds is 5. The van der Waals surface area contributed by atoms with E-state index in [1.165, 1.54) is 0 Å². The third-order valence-electron chi connectivity index (χ3n) is 1.69. The van der Waals surface area contributed by atoms with Crippen LogP contribution in [0.15, 0.2) is 0 Å². The smallest absolute Gasteiger partial charge is 0.220 e. The lowest BCUT2D eigenvalue weighted by Crippen LogP contribution is -2.24. The molecule has 0 aromatic carbocycles. The molecule has 0 heterocycles. The summed E-state index contributed by atoms with van der Waals surface area (Å²) in [7, 11) is 0. The van der Waals surface area contributed by atoms with Crippen molar-refractivity contribution < 1.29 is 4.79 Å². The minimum absolute atomic E-state index is 0.0576. The van der Waals surface area contributed by atoms with E-state index >= 15 is 0 Å². The summed E-state index contributed by atoms with van der Waals surface area (Å²) in [5.74, 6) is 0.154. The maximum absolute atomic E-state index is 10.6. The largest absolute Gasteiger partial charge is 0.374 e. The number of nitrogens with one attached hydrogen (secondary N) is 2. The van der Waals surface area contributed by atoms with Crippen LogP contribution in [0.1, 0.15) is 26.7 Å². The molecule has 0 aliphatic carbocycles. The van der Waals surface area contributed by atoms with E-state index in [1.54, 1.807) is 6.92 Å². The number of carbonyl (C=O) groups excluding carboxylic acids is 1. The third-order valence-corrected chi connectivity index (χ3v) is 1.69. The Morgan fingerprint density at radius 2 is 2.25 bits per heavy atom. The highest BCUT2D eigenvalue weighted by Crippen LogP contribution is 2.02. The number of hydrogen-bond acceptors (Lipinski definition) is 2. The average Bonchev–Trinajstić information content (AvgIpc) is 1.97. The summed E-state index contributed by atoms with van der Waals surface area (Å²) in [6, 6.07) is 0. The van der Waals surface area contributed by atoms with E-state index in [0.717, 1.165) is 19.4 Å². The van der Waals surface area contributed by atoms with Gasteiger partial charge >= 0.3 is 0 Å². The molecule has 4 nitrogen and oxygen atoms in total. The first-order valence-electron chi connectivity index (χ1n) is 4.12. The first-order chi connectivity index (χ1) is 5.54. The summed E-state index contributed by atoms with van der Waals surface area (Å²) < 4.78 is 0. The van der Waals surface area contributed by atoms with Crippen LogP contribution in [0.5, 0.6) is 0 Å². The topological polar surface area (TPSA) is 79.0 Å². The second-order valence-electron chi connectivity index (χ2n) is 3.00. The molecule has 0 aliphatic heterocycles. The van der Waals surface area contributed by atoms with Crippen LogP contribution in [0.3, 0.4) is 0 Å². The van der Waals surface area contributed by atoms with E-state index in [1.807, 2.05) is 6.92 Å². The molecule has 1 atom stereocenters. The van der Waals surface area contributed by atoms with Crippen LogP contribution < -0.4 is 11.1 Å². The summed E-state index contributed by atoms with van der Waals surface area (Å²) >= 11 is 0. The Balaban J connectivity index is 3.31. The van der Waals surface area contributed by atoms with Crippen molar-refractivity contribution in [3.8, 4) is 0 Å². The summed E-state index contributed by atoms with van der Waals surface area (Å²) in [5, 5.41) is 9.93. The minimum Gasteiger partial charge on any atom is -0.374 e. The molecule has 1 amide bonds. The van der Waals surface area contributed by atoms with Gasteiger partial charge in [0.1, 0.15) is 0 Å². The minimum atomic E-state index is -0.249. The van der Waals surface area contributed by atoms with Crippen LogP contribution in [0, 0.1) is 11.3 Å². The fourth-order valence-electron chi connectivity index (χ4n) is 0.826. The third kappa shape index (κ3) is 5.70. The zero-order valence-corrected chi connectivity index (χ0v) is 7.68. The zero-order chi connectivity index (χ0) is 9.56. The Morgan fingerprint density at radius 1 is 1.67 bits per heavy atom. The number of hydrogen-bond donors (Lipinski definition) is 3. The molecule has 0 fully saturated rings. The molecule has 4 heteroatoms. The van der Waals surface area contributed by atoms with Crippen molar-refractivity contribution in [2.24, 2.45) is 11.7 Å². The molecule has 70 valence electrons. The molecule has 1 unspecified atom stereocenters. The maximum atomic E-state index is 10.6. The van der Waals surface area contributed by atoms with Gasteiger partial charge < -0.3 is 11.1 Å². The zero-order valence-electron chi connectivity index (χ0n) is 7.68. The standard InChI is InChI=1S/C8H17N3O/c1-6(8(10)12)4-3-5-11-7(2)9/h6H,3-5H2,1-2H3,(H2,9,11)(H2,10,12). The summed E-state index contributed by atoms with van der Waals surface area (Å²) in [6.07, 6.45) is 1.66. The van der Waals surface area contributed by atoms with E-state index in [-0.39, 0.29) is 11.8 Å². The van der Waals surface area contributed by atoms with Gasteiger partial charge in [-0.15, -0.1) is 0 Å². The predicted octanol–water partition coefficient (Wildman–Crippen LogP) is 0.475. The van der Waals surface area contributed by atoms with Crippen molar-refractivity contribution in [2.45, 2.75) is 26.7 Å². The Morgan fingerprint density at radius 3 is 2.67 bits per heavy atom. The molecule has 4 N–H and O–H groups in total. The highest BCUT2D eigenvalue weighted by molar-refractivity contribution is 5.76. The first kappa shape index (κ1) is 10.9. The Bertz CT molecular complexity index is 168. The lowest BCUT2D eigenvalue weighted by Gasteiger charge is -2.07. The molecular formula is C8H17N3O. The van der Waals surface area contributed by atoms with E-state index in [9.17, 15) is 4.79 Å². The van der Waals surface area contributed by atoms with Gasteiger partial charge in [0.15, 0.2) is 0 Å². The fourth-order valence-corrected chi connectivity index (χ4v) is 0.826. The number of amidine groups is 1. The molecule has 0 aromatic heterocycles. The Hall–Kier alpha value is -1.06. The van der Waals surface area contributed by atoms with Crippen LogP contribution in [0.4, 0.5) is 0 Å². The number of amides is 1. The number of primary amides is 1. The molecular weight excluding hydrogens is 154 g/mol. The van der Waals surface area contributed by atoms with Gasteiger partial charge in [-0.1, -0.05) is 6.92 Å². The second kappa shape index (κ2) is 5.57. The van der Waals surface area contributed by atoms with Crippen LogP contribution in [0.25, 0.3) is 0 Å². The van der Waals surface area contributed by atoms with Crippen molar-refractivity contribution in [1.29, 1.82) is 5.41 Å². The van der Waals surface area contributed by atoms with Gasteiger partial charge in [-0.3, -0.25) is 10.2 Å². The molecule has 0 saturated carbocycles. The molecule has 0 spiro atoms. The second-order valence-corrected chi connectivity index (χ2v) is 3.00. The highest BCUT2D eigenvalue weighted by atomic mass is 16.1. The Kier molecular flexibility index (Phi) is 5.08. The first-order valence-corrected chi connectivity index (χ1v) is 4.12. The van der Waals surface area contributed by atoms with Gasteiger partial charge in [0, 0.05) is 12.5 Å². The molecule has 0 aromatic rings. The van der Waals surface area contributed by atoms with Gasteiger partial charge in [-0.05, 0) is 19.8 Å². The molecule has 0 bridgehead atoms. The van der Waals surface area contributed by atoms with Crippen LogP contribution in [-0.4, -0.2) is 18.3 Å². The van der Waals surface area contributed by atoms with Crippen LogP contribution in [-0.2, 0) is 4.79 Å². The van der Waals surface area contributed by atoms with E-state index < -0.39 is 0 Å². The van der Waals surface area contributed by atoms with Gasteiger partial charge in [0.2, 0.25) is 5.91 Å². The van der Waals surface area contributed by atoms with E-state index in [4.69, 9.17) is 11.1 Å². The van der Waals surface area contributed by atoms with Crippen molar-refractivity contribution >= 4 is 11.7 Å². The Labute approximate surface area is 73.0 Å². The maximum Gasteiger partial charge on any atom is 0.220 e. The molecule has 12 heavy (non-hydrogen) atoms. The average molecular weight is 171 g/mol. The lowest BCUT2D eigenvalue weighted by atomic mass is 10.1. The summed E-state index contributed by atoms with van der Waals surface area (Å²) in [5.41, 5.74) is 5.08. The van der Waals surface area contributed by atoms with Crippen molar-refractivity contribution in [2.75, 3.05) is 6.54 Å². The SMILES string of the molecule is CC(=N)NCCCC(C)C(N)=O. The van der Waals surface area contributed by atoms with Gasteiger partial charge in [0.05, 0.1) is 5.84 Å². The van der Waals surface area contributed by atoms with Crippen molar-refractivity contribution in [3.63, 3.8) is 0 Å². The van der Waals surface area contributed by atoms with Crippen molar-refractivity contribution in [3.05, 3.63) is 0 Å². The van der Waals surface area contributed by atoms with E-state index in [0.29, 0.717) is 5.84 Å². The van der Waals surface area contributed by atoms with Crippen LogP contribution >= 0.6 is 0 Å². The normalized spacial score (nSPS) is 12.2. The molecule has 0 radical (unpaired) electrons. The fraction of sp³-hybridized carbons (Fsp3) is 0.750. The number of carbonyl (C=O) groups is 1. The molecule has 0 aliphatic rings.